The lowest BCUT2D eigenvalue weighted by Gasteiger charge is -2.37. The number of piperidine rings is 1. The molecule has 1 saturated heterocycles. The van der Waals surface area contributed by atoms with Gasteiger partial charge in [-0.25, -0.2) is 0 Å². The third-order valence-electron chi connectivity index (χ3n) is 6.87. The maximum Gasteiger partial charge on any atom is 0.220 e. The van der Waals surface area contributed by atoms with E-state index in [0.717, 1.165) is 43.9 Å². The van der Waals surface area contributed by atoms with Crippen molar-refractivity contribution < 1.29 is 9.53 Å². The zero-order chi connectivity index (χ0) is 21.5. The summed E-state index contributed by atoms with van der Waals surface area (Å²) in [5.74, 6) is 2.03. The minimum absolute atomic E-state index is 0.0319. The van der Waals surface area contributed by atoms with E-state index in [0.29, 0.717) is 18.3 Å². The molecule has 1 aliphatic heterocycles. The SMILES string of the molecule is COc1ccccc1CN1CCC[C@@H]([C@@H](NC(=O)CC2CCCC2)c2ccccn2)C1. The highest BCUT2D eigenvalue weighted by Gasteiger charge is 2.31. The molecule has 1 aromatic heterocycles. The van der Waals surface area contributed by atoms with E-state index in [1.54, 1.807) is 7.11 Å². The summed E-state index contributed by atoms with van der Waals surface area (Å²) in [5, 5.41) is 3.38. The normalized spacial score (nSPS) is 21.0. The Bertz CT molecular complexity index is 836. The van der Waals surface area contributed by atoms with Gasteiger partial charge in [-0.1, -0.05) is 37.1 Å². The van der Waals surface area contributed by atoms with Gasteiger partial charge in [0.1, 0.15) is 5.75 Å². The quantitative estimate of drug-likeness (QED) is 0.669. The Hall–Kier alpha value is -2.40. The number of likely N-dealkylation sites (tertiary alicyclic amines) is 1. The van der Waals surface area contributed by atoms with Crippen LogP contribution in [0.1, 0.15) is 62.2 Å². The van der Waals surface area contributed by atoms with Crippen molar-refractivity contribution in [2.24, 2.45) is 11.8 Å². The number of benzene rings is 1. The van der Waals surface area contributed by atoms with Gasteiger partial charge in [-0.05, 0) is 62.3 Å². The summed E-state index contributed by atoms with van der Waals surface area (Å²) in [6.45, 7) is 2.88. The van der Waals surface area contributed by atoms with Crippen LogP contribution < -0.4 is 10.1 Å². The number of aromatic nitrogens is 1. The summed E-state index contributed by atoms with van der Waals surface area (Å²) in [5.41, 5.74) is 2.19. The number of para-hydroxylation sites is 1. The molecule has 1 amide bonds. The maximum atomic E-state index is 12.9. The molecule has 0 radical (unpaired) electrons. The van der Waals surface area contributed by atoms with E-state index in [2.05, 4.69) is 33.4 Å². The van der Waals surface area contributed by atoms with E-state index in [-0.39, 0.29) is 11.9 Å². The Kier molecular flexibility index (Phi) is 7.57. The first-order valence-electron chi connectivity index (χ1n) is 11.8. The van der Waals surface area contributed by atoms with Gasteiger partial charge in [-0.2, -0.15) is 0 Å². The number of carbonyl (C=O) groups excluding carboxylic acids is 1. The molecule has 5 heteroatoms. The van der Waals surface area contributed by atoms with Crippen molar-refractivity contribution in [3.05, 3.63) is 59.9 Å². The van der Waals surface area contributed by atoms with E-state index in [1.807, 2.05) is 30.5 Å². The van der Waals surface area contributed by atoms with E-state index in [4.69, 9.17) is 4.74 Å². The van der Waals surface area contributed by atoms with Crippen LogP contribution in [0.4, 0.5) is 0 Å². The smallest absolute Gasteiger partial charge is 0.220 e. The van der Waals surface area contributed by atoms with Gasteiger partial charge in [0.25, 0.3) is 0 Å². The van der Waals surface area contributed by atoms with Crippen LogP contribution in [0, 0.1) is 11.8 Å². The molecule has 2 aromatic rings. The Labute approximate surface area is 186 Å². The van der Waals surface area contributed by atoms with Gasteiger partial charge in [0.2, 0.25) is 5.91 Å². The van der Waals surface area contributed by atoms with Crippen LogP contribution in [-0.4, -0.2) is 36.0 Å². The topological polar surface area (TPSA) is 54.5 Å². The first-order valence-corrected chi connectivity index (χ1v) is 11.8. The summed E-state index contributed by atoms with van der Waals surface area (Å²) >= 11 is 0. The largest absolute Gasteiger partial charge is 0.496 e. The number of hydrogen-bond donors (Lipinski definition) is 1. The number of carbonyl (C=O) groups is 1. The second kappa shape index (κ2) is 10.8. The summed E-state index contributed by atoms with van der Waals surface area (Å²) in [7, 11) is 1.73. The molecular weight excluding hydrogens is 386 g/mol. The minimum atomic E-state index is -0.0319. The Morgan fingerprint density at radius 3 is 2.71 bits per heavy atom. The highest BCUT2D eigenvalue weighted by atomic mass is 16.5. The number of amides is 1. The van der Waals surface area contributed by atoms with Crippen molar-refractivity contribution in [1.82, 2.24) is 15.2 Å². The van der Waals surface area contributed by atoms with Crippen LogP contribution in [0.5, 0.6) is 5.75 Å². The van der Waals surface area contributed by atoms with Gasteiger partial charge in [0, 0.05) is 31.3 Å². The summed E-state index contributed by atoms with van der Waals surface area (Å²) in [4.78, 5) is 20.0. The first-order chi connectivity index (χ1) is 15.2. The average molecular weight is 422 g/mol. The zero-order valence-corrected chi connectivity index (χ0v) is 18.6. The zero-order valence-electron chi connectivity index (χ0n) is 18.6. The summed E-state index contributed by atoms with van der Waals surface area (Å²) < 4.78 is 5.55. The van der Waals surface area contributed by atoms with Crippen LogP contribution in [-0.2, 0) is 11.3 Å². The van der Waals surface area contributed by atoms with Crippen LogP contribution in [0.15, 0.2) is 48.7 Å². The number of methoxy groups -OCH3 is 1. The number of pyridine rings is 1. The molecule has 0 unspecified atom stereocenters. The van der Waals surface area contributed by atoms with Crippen LogP contribution in [0.2, 0.25) is 0 Å². The van der Waals surface area contributed by atoms with Crippen molar-refractivity contribution in [3.63, 3.8) is 0 Å². The number of rotatable bonds is 8. The molecule has 1 saturated carbocycles. The van der Waals surface area contributed by atoms with Gasteiger partial charge >= 0.3 is 0 Å². The fraction of sp³-hybridized carbons (Fsp3) is 0.538. The molecule has 5 nitrogen and oxygen atoms in total. The monoisotopic (exact) mass is 421 g/mol. The van der Waals surface area contributed by atoms with Gasteiger partial charge in [0.05, 0.1) is 18.8 Å². The number of hydrogen-bond acceptors (Lipinski definition) is 4. The fourth-order valence-electron chi connectivity index (χ4n) is 5.28. The lowest BCUT2D eigenvalue weighted by molar-refractivity contribution is -0.123. The Morgan fingerprint density at radius 1 is 1.13 bits per heavy atom. The number of ether oxygens (including phenoxy) is 1. The molecule has 1 N–H and O–H groups in total. The maximum absolute atomic E-state index is 12.9. The van der Waals surface area contributed by atoms with Gasteiger partial charge in [-0.15, -0.1) is 0 Å². The molecule has 2 atom stereocenters. The molecule has 4 rings (SSSR count). The molecule has 0 spiro atoms. The molecular formula is C26H35N3O2. The number of nitrogens with one attached hydrogen (secondary N) is 1. The highest BCUT2D eigenvalue weighted by molar-refractivity contribution is 5.76. The molecule has 1 aromatic carbocycles. The minimum Gasteiger partial charge on any atom is -0.496 e. The lowest BCUT2D eigenvalue weighted by atomic mass is 9.87. The first kappa shape index (κ1) is 21.8. The molecule has 31 heavy (non-hydrogen) atoms. The van der Waals surface area contributed by atoms with E-state index in [9.17, 15) is 4.79 Å². The van der Waals surface area contributed by atoms with E-state index >= 15 is 0 Å². The van der Waals surface area contributed by atoms with Gasteiger partial charge < -0.3 is 10.1 Å². The Morgan fingerprint density at radius 2 is 1.94 bits per heavy atom. The van der Waals surface area contributed by atoms with Crippen molar-refractivity contribution >= 4 is 5.91 Å². The van der Waals surface area contributed by atoms with Crippen molar-refractivity contribution in [3.8, 4) is 5.75 Å². The standard InChI is InChI=1S/C26H35N3O2/c1-31-24-14-5-4-11-21(24)18-29-16-8-12-22(19-29)26(23-13-6-7-15-27-23)28-25(30)17-20-9-2-3-10-20/h4-7,11,13-15,20,22,26H,2-3,8-10,12,16-19H2,1H3,(H,28,30)/t22-,26-/m1/s1. The van der Waals surface area contributed by atoms with Crippen LogP contribution in [0.3, 0.4) is 0 Å². The molecule has 1 aliphatic carbocycles. The van der Waals surface area contributed by atoms with E-state index in [1.165, 1.54) is 31.2 Å². The van der Waals surface area contributed by atoms with Gasteiger partial charge in [0.15, 0.2) is 0 Å². The molecule has 0 bridgehead atoms. The summed E-state index contributed by atoms with van der Waals surface area (Å²) in [6, 6.07) is 14.2. The fourth-order valence-corrected chi connectivity index (χ4v) is 5.28. The molecule has 2 heterocycles. The number of nitrogens with zero attached hydrogens (tertiary/aromatic N) is 2. The summed E-state index contributed by atoms with van der Waals surface area (Å²) in [6.07, 6.45) is 9.64. The average Bonchev–Trinajstić information content (AvgIpc) is 3.31. The molecule has 166 valence electrons. The Balaban J connectivity index is 1.45. The third kappa shape index (κ3) is 5.85. The van der Waals surface area contributed by atoms with Crippen LogP contribution >= 0.6 is 0 Å². The van der Waals surface area contributed by atoms with E-state index < -0.39 is 0 Å². The van der Waals surface area contributed by atoms with Gasteiger partial charge in [-0.3, -0.25) is 14.7 Å². The highest BCUT2D eigenvalue weighted by Crippen LogP contribution is 2.32. The van der Waals surface area contributed by atoms with Crippen LogP contribution in [0.25, 0.3) is 0 Å². The third-order valence-corrected chi connectivity index (χ3v) is 6.87. The van der Waals surface area contributed by atoms with Crippen molar-refractivity contribution in [1.29, 1.82) is 0 Å². The van der Waals surface area contributed by atoms with Crippen molar-refractivity contribution in [2.75, 3.05) is 20.2 Å². The predicted molar refractivity (Wildman–Crippen MR) is 123 cm³/mol. The lowest BCUT2D eigenvalue weighted by Crippen LogP contribution is -2.43. The molecule has 2 aliphatic rings. The second-order valence-corrected chi connectivity index (χ2v) is 9.10. The second-order valence-electron chi connectivity index (χ2n) is 9.10. The molecule has 2 fully saturated rings. The predicted octanol–water partition coefficient (Wildman–Crippen LogP) is 4.74. The van der Waals surface area contributed by atoms with Crippen molar-refractivity contribution in [2.45, 2.75) is 57.5 Å².